The molecule has 1 N–H and O–H groups in total. The Morgan fingerprint density at radius 2 is 1.62 bits per heavy atom. The molecule has 5 heteroatoms. The molecule has 0 unspecified atom stereocenters. The topological polar surface area (TPSA) is 62.8 Å². The zero-order chi connectivity index (χ0) is 16.3. The van der Waals surface area contributed by atoms with Crippen LogP contribution in [0.2, 0.25) is 0 Å². The molecule has 0 aliphatic heterocycles. The van der Waals surface area contributed by atoms with Crippen molar-refractivity contribution >= 4 is 33.9 Å². The van der Waals surface area contributed by atoms with E-state index in [2.05, 4.69) is 9.97 Å². The quantitative estimate of drug-likeness (QED) is 0.504. The molecule has 0 atom stereocenters. The summed E-state index contributed by atoms with van der Waals surface area (Å²) in [5, 5.41) is 1.98. The van der Waals surface area contributed by atoms with Crippen LogP contribution >= 0.6 is 11.3 Å². The van der Waals surface area contributed by atoms with Crippen molar-refractivity contribution in [3.8, 4) is 10.7 Å². The summed E-state index contributed by atoms with van der Waals surface area (Å²) in [4.78, 5) is 34.6. The summed E-state index contributed by atoms with van der Waals surface area (Å²) in [6.07, 6.45) is 0. The van der Waals surface area contributed by atoms with Crippen LogP contribution in [0.4, 0.5) is 0 Å². The van der Waals surface area contributed by atoms with E-state index in [1.54, 1.807) is 41.7 Å². The number of carbonyl (C=O) groups excluding carboxylic acids is 2. The van der Waals surface area contributed by atoms with Gasteiger partial charge in [-0.1, -0.05) is 30.3 Å². The Hall–Kier alpha value is -3.05. The number of nitrogens with one attached hydrogen (secondary N) is 1. The SMILES string of the molecule is O=C1c2ccccc2C(=O)c2c1ccc1[nH]c(-c3cccs3)nc21. The molecule has 2 aromatic heterocycles. The minimum atomic E-state index is -0.143. The Labute approximate surface area is 140 Å². The fourth-order valence-electron chi connectivity index (χ4n) is 3.18. The number of aromatic nitrogens is 2. The number of hydrogen-bond acceptors (Lipinski definition) is 4. The second kappa shape index (κ2) is 4.72. The number of thiophene rings is 1. The van der Waals surface area contributed by atoms with Crippen molar-refractivity contribution < 1.29 is 9.59 Å². The number of hydrogen-bond donors (Lipinski definition) is 1. The van der Waals surface area contributed by atoms with Gasteiger partial charge in [0, 0.05) is 16.7 Å². The van der Waals surface area contributed by atoms with Gasteiger partial charge in [-0.2, -0.15) is 0 Å². The minimum absolute atomic E-state index is 0.122. The van der Waals surface area contributed by atoms with Crippen LogP contribution in [0, 0.1) is 0 Å². The molecular formula is C19H10N2O2S. The van der Waals surface area contributed by atoms with Crippen molar-refractivity contribution in [2.24, 2.45) is 0 Å². The van der Waals surface area contributed by atoms with Crippen LogP contribution in [0.25, 0.3) is 21.7 Å². The van der Waals surface area contributed by atoms with Crippen molar-refractivity contribution in [1.29, 1.82) is 0 Å². The lowest BCUT2D eigenvalue weighted by molar-refractivity contribution is 0.0980. The number of carbonyl (C=O) groups is 2. The summed E-state index contributed by atoms with van der Waals surface area (Å²) < 4.78 is 0. The van der Waals surface area contributed by atoms with Crippen LogP contribution in [0.1, 0.15) is 31.8 Å². The Balaban J connectivity index is 1.81. The molecule has 0 amide bonds. The predicted octanol–water partition coefficient (Wildman–Crippen LogP) is 4.07. The van der Waals surface area contributed by atoms with Gasteiger partial charge in [-0.3, -0.25) is 9.59 Å². The molecule has 0 bridgehead atoms. The van der Waals surface area contributed by atoms with Gasteiger partial charge in [-0.25, -0.2) is 4.98 Å². The first-order valence-corrected chi connectivity index (χ1v) is 8.37. The van der Waals surface area contributed by atoms with Crippen LogP contribution in [-0.4, -0.2) is 21.5 Å². The highest BCUT2D eigenvalue weighted by Gasteiger charge is 2.32. The summed E-state index contributed by atoms with van der Waals surface area (Å²) in [7, 11) is 0. The lowest BCUT2D eigenvalue weighted by Crippen LogP contribution is -2.21. The molecule has 0 saturated carbocycles. The van der Waals surface area contributed by atoms with Crippen LogP contribution < -0.4 is 0 Å². The summed E-state index contributed by atoms with van der Waals surface area (Å²) in [6.45, 7) is 0. The molecule has 114 valence electrons. The Morgan fingerprint density at radius 1 is 0.833 bits per heavy atom. The highest BCUT2D eigenvalue weighted by atomic mass is 32.1. The van der Waals surface area contributed by atoms with E-state index in [1.165, 1.54) is 0 Å². The number of fused-ring (bicyclic) bond motifs is 4. The van der Waals surface area contributed by atoms with E-state index in [0.717, 1.165) is 10.4 Å². The summed E-state index contributed by atoms with van der Waals surface area (Å²) >= 11 is 1.57. The highest BCUT2D eigenvalue weighted by molar-refractivity contribution is 7.13. The molecule has 24 heavy (non-hydrogen) atoms. The fourth-order valence-corrected chi connectivity index (χ4v) is 3.85. The summed E-state index contributed by atoms with van der Waals surface area (Å²) in [5.74, 6) is 0.449. The number of nitrogens with zero attached hydrogens (tertiary/aromatic N) is 1. The van der Waals surface area contributed by atoms with Gasteiger partial charge in [0.05, 0.1) is 16.0 Å². The average Bonchev–Trinajstić information content (AvgIpc) is 3.27. The number of rotatable bonds is 1. The van der Waals surface area contributed by atoms with E-state index < -0.39 is 0 Å². The van der Waals surface area contributed by atoms with E-state index in [0.29, 0.717) is 33.6 Å². The monoisotopic (exact) mass is 330 g/mol. The highest BCUT2D eigenvalue weighted by Crippen LogP contribution is 2.33. The molecule has 0 saturated heterocycles. The Bertz CT molecular complexity index is 1140. The molecule has 4 nitrogen and oxygen atoms in total. The van der Waals surface area contributed by atoms with Gasteiger partial charge in [0.15, 0.2) is 11.6 Å². The van der Waals surface area contributed by atoms with Crippen LogP contribution in [0.3, 0.4) is 0 Å². The van der Waals surface area contributed by atoms with E-state index in [-0.39, 0.29) is 11.6 Å². The summed E-state index contributed by atoms with van der Waals surface area (Å²) in [5.41, 5.74) is 3.05. The summed E-state index contributed by atoms with van der Waals surface area (Å²) in [6, 6.07) is 14.4. The minimum Gasteiger partial charge on any atom is -0.337 e. The Kier molecular flexibility index (Phi) is 2.64. The van der Waals surface area contributed by atoms with Crippen LogP contribution in [0.5, 0.6) is 0 Å². The van der Waals surface area contributed by atoms with Crippen molar-refractivity contribution in [3.05, 3.63) is 76.2 Å². The molecule has 4 aromatic rings. The normalized spacial score (nSPS) is 13.2. The smallest absolute Gasteiger partial charge is 0.196 e. The van der Waals surface area contributed by atoms with Gasteiger partial charge in [0.1, 0.15) is 11.3 Å². The van der Waals surface area contributed by atoms with Crippen molar-refractivity contribution in [2.75, 3.05) is 0 Å². The first-order valence-electron chi connectivity index (χ1n) is 7.49. The molecule has 2 aromatic carbocycles. The van der Waals surface area contributed by atoms with Crippen LogP contribution in [0.15, 0.2) is 53.9 Å². The van der Waals surface area contributed by atoms with Gasteiger partial charge < -0.3 is 4.98 Å². The number of imidazole rings is 1. The largest absolute Gasteiger partial charge is 0.337 e. The molecule has 5 rings (SSSR count). The second-order valence-corrected chi connectivity index (χ2v) is 6.60. The standard InChI is InChI=1S/C19H10N2O2S/c22-17-10-4-1-2-5-11(10)18(23)15-12(17)7-8-13-16(15)21-19(20-13)14-6-3-9-24-14/h1-9H,(H,20,21). The maximum absolute atomic E-state index is 13.0. The van der Waals surface area contributed by atoms with E-state index in [4.69, 9.17) is 0 Å². The number of ketones is 2. The Morgan fingerprint density at radius 3 is 2.38 bits per heavy atom. The van der Waals surface area contributed by atoms with Gasteiger partial charge in [-0.05, 0) is 23.6 Å². The van der Waals surface area contributed by atoms with E-state index >= 15 is 0 Å². The third kappa shape index (κ3) is 1.70. The van der Waals surface area contributed by atoms with Crippen molar-refractivity contribution in [2.45, 2.75) is 0 Å². The van der Waals surface area contributed by atoms with Crippen molar-refractivity contribution in [1.82, 2.24) is 9.97 Å². The average molecular weight is 330 g/mol. The molecule has 1 aliphatic rings. The predicted molar refractivity (Wildman–Crippen MR) is 92.7 cm³/mol. The molecule has 1 aliphatic carbocycles. The van der Waals surface area contributed by atoms with Gasteiger partial charge in [0.2, 0.25) is 0 Å². The lowest BCUT2D eigenvalue weighted by atomic mass is 9.83. The zero-order valence-electron chi connectivity index (χ0n) is 12.4. The van der Waals surface area contributed by atoms with E-state index in [9.17, 15) is 9.59 Å². The molecule has 2 heterocycles. The lowest BCUT2D eigenvalue weighted by Gasteiger charge is -2.17. The number of benzene rings is 2. The third-order valence-electron chi connectivity index (χ3n) is 4.30. The van der Waals surface area contributed by atoms with Crippen LogP contribution in [-0.2, 0) is 0 Å². The second-order valence-electron chi connectivity index (χ2n) is 5.65. The maximum atomic E-state index is 13.0. The fraction of sp³-hybridized carbons (Fsp3) is 0. The molecule has 0 spiro atoms. The van der Waals surface area contributed by atoms with Gasteiger partial charge >= 0.3 is 0 Å². The van der Waals surface area contributed by atoms with Crippen molar-refractivity contribution in [3.63, 3.8) is 0 Å². The number of aromatic amines is 1. The van der Waals surface area contributed by atoms with Gasteiger partial charge in [-0.15, -0.1) is 11.3 Å². The molecular weight excluding hydrogens is 320 g/mol. The first-order chi connectivity index (χ1) is 11.7. The first kappa shape index (κ1) is 13.4. The maximum Gasteiger partial charge on any atom is 0.196 e. The van der Waals surface area contributed by atoms with Gasteiger partial charge in [0.25, 0.3) is 0 Å². The molecule has 0 fully saturated rings. The number of H-pyrrole nitrogens is 1. The third-order valence-corrected chi connectivity index (χ3v) is 5.17. The zero-order valence-corrected chi connectivity index (χ0v) is 13.2. The van der Waals surface area contributed by atoms with E-state index in [1.807, 2.05) is 23.6 Å². The molecule has 0 radical (unpaired) electrons.